The van der Waals surface area contributed by atoms with Gasteiger partial charge in [0, 0.05) is 38.9 Å². The third-order valence-electron chi connectivity index (χ3n) is 10.7. The van der Waals surface area contributed by atoms with Crippen molar-refractivity contribution in [1.82, 2.24) is 4.57 Å². The lowest BCUT2D eigenvalue weighted by Gasteiger charge is -2.28. The number of fused-ring (bicyclic) bond motifs is 3. The molecule has 0 amide bonds. The van der Waals surface area contributed by atoms with Gasteiger partial charge in [-0.3, -0.25) is 0 Å². The van der Waals surface area contributed by atoms with Gasteiger partial charge in [-0.1, -0.05) is 129 Å². The predicted octanol–water partition coefficient (Wildman–Crippen LogP) is 12.8. The standard InChI is InChI=1S/C47H34N2/c1-47(2)41-18-7-6-17-39(41)40-28-27-38(30-42(40)47)48(35-25-23-32(24-26-35)31-11-4-3-5-12-31)36-15-10-16-37(29-36)49-43-19-8-13-33-21-22-34-14-9-20-44(49)46(34)45(33)43/h3-30H,1-2H3. The van der Waals surface area contributed by atoms with Crippen LogP contribution in [0.5, 0.6) is 0 Å². The first-order valence-corrected chi connectivity index (χ1v) is 17.1. The summed E-state index contributed by atoms with van der Waals surface area (Å²) >= 11 is 0. The first-order chi connectivity index (χ1) is 24.1. The number of hydrogen-bond donors (Lipinski definition) is 0. The molecule has 0 bridgehead atoms. The molecule has 8 aromatic carbocycles. The van der Waals surface area contributed by atoms with Crippen molar-refractivity contribution in [1.29, 1.82) is 0 Å². The maximum atomic E-state index is 2.44. The summed E-state index contributed by atoms with van der Waals surface area (Å²) in [4.78, 5) is 2.42. The minimum absolute atomic E-state index is 0.0920. The van der Waals surface area contributed by atoms with Gasteiger partial charge in [0.1, 0.15) is 0 Å². The lowest BCUT2D eigenvalue weighted by molar-refractivity contribution is 0.660. The average Bonchev–Trinajstić information content (AvgIpc) is 3.61. The van der Waals surface area contributed by atoms with Gasteiger partial charge in [-0.15, -0.1) is 0 Å². The molecule has 10 rings (SSSR count). The quantitative estimate of drug-likeness (QED) is 0.173. The Kier molecular flexibility index (Phi) is 5.95. The van der Waals surface area contributed by atoms with E-state index in [9.17, 15) is 0 Å². The van der Waals surface area contributed by atoms with Crippen LogP contribution in [0.3, 0.4) is 0 Å². The third kappa shape index (κ3) is 4.14. The highest BCUT2D eigenvalue weighted by atomic mass is 15.1. The van der Waals surface area contributed by atoms with Crippen molar-refractivity contribution in [3.8, 4) is 27.9 Å². The molecule has 2 heteroatoms. The van der Waals surface area contributed by atoms with Crippen LogP contribution in [0.4, 0.5) is 17.1 Å². The highest BCUT2D eigenvalue weighted by Crippen LogP contribution is 2.51. The zero-order valence-corrected chi connectivity index (χ0v) is 27.6. The van der Waals surface area contributed by atoms with Gasteiger partial charge in [0.05, 0.1) is 11.0 Å². The molecule has 0 aliphatic heterocycles. The highest BCUT2D eigenvalue weighted by molar-refractivity contribution is 6.24. The molecular weight excluding hydrogens is 593 g/mol. The second-order valence-electron chi connectivity index (χ2n) is 13.8. The maximum absolute atomic E-state index is 2.44. The number of rotatable bonds is 5. The number of aromatic nitrogens is 1. The zero-order valence-electron chi connectivity index (χ0n) is 27.6. The largest absolute Gasteiger partial charge is 0.310 e. The Morgan fingerprint density at radius 2 is 1.02 bits per heavy atom. The van der Waals surface area contributed by atoms with E-state index in [-0.39, 0.29) is 5.41 Å². The zero-order chi connectivity index (χ0) is 32.7. The summed E-state index contributed by atoms with van der Waals surface area (Å²) < 4.78 is 2.44. The number of anilines is 3. The summed E-state index contributed by atoms with van der Waals surface area (Å²) in [5, 5.41) is 5.21. The van der Waals surface area contributed by atoms with Crippen LogP contribution in [0, 0.1) is 0 Å². The first kappa shape index (κ1) is 27.9. The molecular formula is C47H34N2. The SMILES string of the molecule is CC1(C)c2ccccc2-c2ccc(N(c3ccc(-c4ccccc4)cc3)c3cccc(-n4c5cccc6ccc7cccc4c7c65)c3)cc21. The van der Waals surface area contributed by atoms with E-state index in [2.05, 4.69) is 193 Å². The van der Waals surface area contributed by atoms with Crippen molar-refractivity contribution in [2.24, 2.45) is 0 Å². The van der Waals surface area contributed by atoms with E-state index in [1.165, 1.54) is 66.0 Å². The van der Waals surface area contributed by atoms with E-state index in [1.54, 1.807) is 0 Å². The molecule has 0 spiro atoms. The third-order valence-corrected chi connectivity index (χ3v) is 10.7. The number of hydrogen-bond acceptors (Lipinski definition) is 1. The molecule has 1 aliphatic rings. The molecule has 0 saturated heterocycles. The molecule has 49 heavy (non-hydrogen) atoms. The summed E-state index contributed by atoms with van der Waals surface area (Å²) in [7, 11) is 0. The number of nitrogens with zero attached hydrogens (tertiary/aromatic N) is 2. The molecule has 2 nitrogen and oxygen atoms in total. The van der Waals surface area contributed by atoms with Crippen LogP contribution in [-0.2, 0) is 5.41 Å². The van der Waals surface area contributed by atoms with Crippen LogP contribution >= 0.6 is 0 Å². The van der Waals surface area contributed by atoms with E-state index in [1.807, 2.05) is 0 Å². The Labute approximate surface area is 286 Å². The van der Waals surface area contributed by atoms with Gasteiger partial charge in [-0.2, -0.15) is 0 Å². The van der Waals surface area contributed by atoms with Gasteiger partial charge in [0.2, 0.25) is 0 Å². The second kappa shape index (κ2) is 10.4. The van der Waals surface area contributed by atoms with Crippen LogP contribution in [-0.4, -0.2) is 4.57 Å². The Morgan fingerprint density at radius 3 is 1.76 bits per heavy atom. The average molecular weight is 627 g/mol. The summed E-state index contributed by atoms with van der Waals surface area (Å²) in [6, 6.07) is 62.4. The van der Waals surface area contributed by atoms with E-state index in [0.717, 1.165) is 22.7 Å². The Balaban J connectivity index is 1.17. The van der Waals surface area contributed by atoms with Crippen molar-refractivity contribution in [3.63, 3.8) is 0 Å². The first-order valence-electron chi connectivity index (χ1n) is 17.1. The van der Waals surface area contributed by atoms with Gasteiger partial charge in [0.25, 0.3) is 0 Å². The van der Waals surface area contributed by atoms with E-state index in [0.29, 0.717) is 0 Å². The van der Waals surface area contributed by atoms with Crippen molar-refractivity contribution in [2.45, 2.75) is 19.3 Å². The summed E-state index contributed by atoms with van der Waals surface area (Å²) in [6.45, 7) is 4.71. The lowest BCUT2D eigenvalue weighted by Crippen LogP contribution is -2.16. The minimum Gasteiger partial charge on any atom is -0.310 e. The van der Waals surface area contributed by atoms with Gasteiger partial charge < -0.3 is 9.47 Å². The molecule has 9 aromatic rings. The molecule has 0 radical (unpaired) electrons. The molecule has 0 unspecified atom stereocenters. The van der Waals surface area contributed by atoms with E-state index in [4.69, 9.17) is 0 Å². The monoisotopic (exact) mass is 626 g/mol. The van der Waals surface area contributed by atoms with Gasteiger partial charge in [-0.25, -0.2) is 0 Å². The second-order valence-corrected chi connectivity index (χ2v) is 13.8. The van der Waals surface area contributed by atoms with Crippen LogP contribution < -0.4 is 4.90 Å². The van der Waals surface area contributed by atoms with Crippen LogP contribution in [0.1, 0.15) is 25.0 Å². The van der Waals surface area contributed by atoms with Crippen molar-refractivity contribution < 1.29 is 0 Å². The summed E-state index contributed by atoms with van der Waals surface area (Å²) in [5.74, 6) is 0. The Hall–Kier alpha value is -6.12. The maximum Gasteiger partial charge on any atom is 0.0547 e. The van der Waals surface area contributed by atoms with Gasteiger partial charge in [0.15, 0.2) is 0 Å². The fraction of sp³-hybridized carbons (Fsp3) is 0.0638. The predicted molar refractivity (Wildman–Crippen MR) is 207 cm³/mol. The molecule has 0 fully saturated rings. The van der Waals surface area contributed by atoms with Crippen LogP contribution in [0.2, 0.25) is 0 Å². The van der Waals surface area contributed by atoms with Crippen LogP contribution in [0.15, 0.2) is 170 Å². The van der Waals surface area contributed by atoms with Gasteiger partial charge in [-0.05, 0) is 98.8 Å². The molecule has 0 saturated carbocycles. The topological polar surface area (TPSA) is 8.17 Å². The van der Waals surface area contributed by atoms with E-state index >= 15 is 0 Å². The summed E-state index contributed by atoms with van der Waals surface area (Å²) in [6.07, 6.45) is 0. The Bertz CT molecular complexity index is 2610. The lowest BCUT2D eigenvalue weighted by atomic mass is 9.82. The molecule has 0 N–H and O–H groups in total. The molecule has 0 atom stereocenters. The highest BCUT2D eigenvalue weighted by Gasteiger charge is 2.35. The van der Waals surface area contributed by atoms with Crippen molar-refractivity contribution in [2.75, 3.05) is 4.90 Å². The Morgan fingerprint density at radius 1 is 0.429 bits per heavy atom. The molecule has 1 aliphatic carbocycles. The molecule has 1 heterocycles. The minimum atomic E-state index is -0.0920. The van der Waals surface area contributed by atoms with E-state index < -0.39 is 0 Å². The fourth-order valence-corrected chi connectivity index (χ4v) is 8.38. The van der Waals surface area contributed by atoms with Gasteiger partial charge >= 0.3 is 0 Å². The summed E-state index contributed by atoms with van der Waals surface area (Å²) in [5.41, 5.74) is 14.8. The fourth-order valence-electron chi connectivity index (χ4n) is 8.38. The number of benzene rings is 8. The van der Waals surface area contributed by atoms with Crippen molar-refractivity contribution in [3.05, 3.63) is 181 Å². The van der Waals surface area contributed by atoms with Crippen molar-refractivity contribution >= 4 is 49.6 Å². The normalized spacial score (nSPS) is 13.3. The molecule has 232 valence electrons. The van der Waals surface area contributed by atoms with Crippen LogP contribution in [0.25, 0.3) is 60.5 Å². The molecule has 1 aromatic heterocycles. The smallest absolute Gasteiger partial charge is 0.0547 e.